The molecule has 7 heteroatoms. The topological polar surface area (TPSA) is 79.4 Å². The number of sulfonamides is 1. The van der Waals surface area contributed by atoms with Crippen LogP contribution in [-0.4, -0.2) is 36.7 Å². The van der Waals surface area contributed by atoms with Crippen LogP contribution in [0.4, 0.5) is 5.69 Å². The summed E-state index contributed by atoms with van der Waals surface area (Å²) in [5.41, 5.74) is 2.72. The van der Waals surface area contributed by atoms with Crippen LogP contribution in [0.5, 0.6) is 0 Å². The second-order valence-corrected chi connectivity index (χ2v) is 8.96. The molecule has 0 atom stereocenters. The van der Waals surface area contributed by atoms with E-state index in [0.29, 0.717) is 17.5 Å². The van der Waals surface area contributed by atoms with Crippen molar-refractivity contribution >= 4 is 32.4 Å². The lowest BCUT2D eigenvalue weighted by Crippen LogP contribution is -2.38. The quantitative estimate of drug-likeness (QED) is 0.640. The molecule has 2 aromatic carbocycles. The van der Waals surface area contributed by atoms with Crippen molar-refractivity contribution in [2.24, 2.45) is 0 Å². The van der Waals surface area contributed by atoms with Crippen molar-refractivity contribution in [3.05, 3.63) is 66.0 Å². The molecule has 152 valence electrons. The predicted octanol–water partition coefficient (Wildman–Crippen LogP) is 3.89. The highest BCUT2D eigenvalue weighted by Crippen LogP contribution is 2.25. The Balaban J connectivity index is 1.89. The summed E-state index contributed by atoms with van der Waals surface area (Å²) >= 11 is 0. The minimum Gasteiger partial charge on any atom is -0.325 e. The third-order valence-electron chi connectivity index (χ3n) is 4.71. The molecule has 0 fully saturated rings. The van der Waals surface area contributed by atoms with Gasteiger partial charge < -0.3 is 5.32 Å². The first-order valence-corrected chi connectivity index (χ1v) is 11.0. The van der Waals surface area contributed by atoms with E-state index >= 15 is 0 Å². The number of fused-ring (bicyclic) bond motifs is 1. The Morgan fingerprint density at radius 3 is 2.66 bits per heavy atom. The molecule has 1 amide bonds. The fourth-order valence-electron chi connectivity index (χ4n) is 3.29. The number of pyridine rings is 1. The monoisotopic (exact) mass is 411 g/mol. The minimum absolute atomic E-state index is 0.185. The molecular weight excluding hydrogens is 386 g/mol. The van der Waals surface area contributed by atoms with E-state index in [9.17, 15) is 13.2 Å². The van der Waals surface area contributed by atoms with Crippen molar-refractivity contribution in [1.29, 1.82) is 0 Å². The molecule has 0 bridgehead atoms. The molecule has 0 aliphatic rings. The van der Waals surface area contributed by atoms with Crippen LogP contribution in [0.3, 0.4) is 0 Å². The lowest BCUT2D eigenvalue weighted by molar-refractivity contribution is -0.116. The first-order chi connectivity index (χ1) is 13.8. The molecule has 0 aliphatic carbocycles. The maximum atomic E-state index is 13.4. The van der Waals surface area contributed by atoms with Crippen LogP contribution in [0.25, 0.3) is 10.8 Å². The predicted molar refractivity (Wildman–Crippen MR) is 115 cm³/mol. The normalized spacial score (nSPS) is 11.7. The average Bonchev–Trinajstić information content (AvgIpc) is 2.69. The highest BCUT2D eigenvalue weighted by atomic mass is 32.2. The summed E-state index contributed by atoms with van der Waals surface area (Å²) in [6.45, 7) is 5.79. The largest absolute Gasteiger partial charge is 0.325 e. The second kappa shape index (κ2) is 8.71. The maximum absolute atomic E-state index is 13.4. The van der Waals surface area contributed by atoms with Gasteiger partial charge in [0.15, 0.2) is 0 Å². The molecule has 1 N–H and O–H groups in total. The molecule has 0 saturated heterocycles. The molecule has 6 nitrogen and oxygen atoms in total. The van der Waals surface area contributed by atoms with Crippen molar-refractivity contribution < 1.29 is 13.2 Å². The van der Waals surface area contributed by atoms with Crippen molar-refractivity contribution in [2.75, 3.05) is 18.4 Å². The first kappa shape index (κ1) is 21.0. The Hall–Kier alpha value is -2.77. The Morgan fingerprint density at radius 2 is 1.93 bits per heavy atom. The van der Waals surface area contributed by atoms with Crippen LogP contribution in [0.1, 0.15) is 24.5 Å². The number of nitrogens with zero attached hydrogens (tertiary/aromatic N) is 2. The van der Waals surface area contributed by atoms with E-state index in [1.165, 1.54) is 4.31 Å². The summed E-state index contributed by atoms with van der Waals surface area (Å²) < 4.78 is 28.0. The van der Waals surface area contributed by atoms with Gasteiger partial charge in [0.2, 0.25) is 15.9 Å². The average molecular weight is 412 g/mol. The zero-order chi connectivity index (χ0) is 21.0. The SMILES string of the molecule is CCCN(CC(=O)Nc1ccc(C)cc1C)S(=O)(=O)c1cccc2cnccc12. The van der Waals surface area contributed by atoms with E-state index in [0.717, 1.165) is 16.5 Å². The van der Waals surface area contributed by atoms with Crippen molar-refractivity contribution in [3.63, 3.8) is 0 Å². The number of carbonyl (C=O) groups excluding carboxylic acids is 1. The van der Waals surface area contributed by atoms with Crippen LogP contribution in [-0.2, 0) is 14.8 Å². The third kappa shape index (κ3) is 4.63. The lowest BCUT2D eigenvalue weighted by atomic mass is 10.1. The van der Waals surface area contributed by atoms with Gasteiger partial charge in [-0.25, -0.2) is 8.42 Å². The van der Waals surface area contributed by atoms with Crippen molar-refractivity contribution in [3.8, 4) is 0 Å². The molecular formula is C22H25N3O3S. The van der Waals surface area contributed by atoms with Crippen LogP contribution < -0.4 is 5.32 Å². The van der Waals surface area contributed by atoms with Crippen LogP contribution in [0.2, 0.25) is 0 Å². The fraction of sp³-hybridized carbons (Fsp3) is 0.273. The molecule has 1 aromatic heterocycles. The Labute approximate surface area is 171 Å². The molecule has 29 heavy (non-hydrogen) atoms. The number of rotatable bonds is 7. The number of amides is 1. The summed E-state index contributed by atoms with van der Waals surface area (Å²) in [6.07, 6.45) is 3.80. The van der Waals surface area contributed by atoms with Gasteiger partial charge in [-0.15, -0.1) is 0 Å². The number of hydrogen-bond donors (Lipinski definition) is 1. The summed E-state index contributed by atoms with van der Waals surface area (Å²) in [4.78, 5) is 16.9. The molecule has 0 saturated carbocycles. The zero-order valence-electron chi connectivity index (χ0n) is 16.8. The lowest BCUT2D eigenvalue weighted by Gasteiger charge is -2.22. The summed E-state index contributed by atoms with van der Waals surface area (Å²) in [6, 6.07) is 12.5. The molecule has 3 aromatic rings. The molecule has 0 spiro atoms. The van der Waals surface area contributed by atoms with Gasteiger partial charge in [-0.05, 0) is 44.0 Å². The summed E-state index contributed by atoms with van der Waals surface area (Å²) in [7, 11) is -3.85. The first-order valence-electron chi connectivity index (χ1n) is 9.53. The number of aromatic nitrogens is 1. The zero-order valence-corrected chi connectivity index (χ0v) is 17.7. The van der Waals surface area contributed by atoms with Crippen LogP contribution >= 0.6 is 0 Å². The van der Waals surface area contributed by atoms with Crippen LogP contribution in [0, 0.1) is 13.8 Å². The number of benzene rings is 2. The Kier molecular flexibility index (Phi) is 6.30. The van der Waals surface area contributed by atoms with E-state index in [2.05, 4.69) is 10.3 Å². The van der Waals surface area contributed by atoms with Gasteiger partial charge in [0.1, 0.15) is 0 Å². The van der Waals surface area contributed by atoms with E-state index in [1.54, 1.807) is 30.6 Å². The number of aryl methyl sites for hydroxylation is 2. The minimum atomic E-state index is -3.85. The summed E-state index contributed by atoms with van der Waals surface area (Å²) in [5.74, 6) is -0.365. The van der Waals surface area contributed by atoms with Gasteiger partial charge >= 0.3 is 0 Å². The van der Waals surface area contributed by atoms with Gasteiger partial charge in [0.05, 0.1) is 11.4 Å². The van der Waals surface area contributed by atoms with E-state index in [4.69, 9.17) is 0 Å². The smallest absolute Gasteiger partial charge is 0.244 e. The third-order valence-corrected chi connectivity index (χ3v) is 6.61. The molecule has 0 aliphatic heterocycles. The number of anilines is 1. The van der Waals surface area contributed by atoms with Crippen LogP contribution in [0.15, 0.2) is 59.8 Å². The number of carbonyl (C=O) groups is 1. The molecule has 0 radical (unpaired) electrons. The van der Waals surface area contributed by atoms with Gasteiger partial charge in [-0.1, -0.05) is 36.8 Å². The standard InChI is InChI=1S/C22H25N3O3S/c1-4-12-25(15-22(26)24-20-9-8-16(2)13-17(20)3)29(27,28)21-7-5-6-18-14-23-11-10-19(18)21/h5-11,13-14H,4,12,15H2,1-3H3,(H,24,26). The Bertz CT molecular complexity index is 1140. The van der Waals surface area contributed by atoms with Crippen molar-refractivity contribution in [1.82, 2.24) is 9.29 Å². The highest BCUT2D eigenvalue weighted by molar-refractivity contribution is 7.89. The van der Waals surface area contributed by atoms with Gasteiger partial charge in [0.25, 0.3) is 0 Å². The van der Waals surface area contributed by atoms with Gasteiger partial charge in [0, 0.05) is 35.4 Å². The molecule has 1 heterocycles. The maximum Gasteiger partial charge on any atom is 0.244 e. The highest BCUT2D eigenvalue weighted by Gasteiger charge is 2.27. The summed E-state index contributed by atoms with van der Waals surface area (Å²) in [5, 5.41) is 4.17. The molecule has 0 unspecified atom stereocenters. The Morgan fingerprint density at radius 1 is 1.14 bits per heavy atom. The fourth-order valence-corrected chi connectivity index (χ4v) is 5.00. The van der Waals surface area contributed by atoms with E-state index in [-0.39, 0.29) is 23.9 Å². The molecule has 3 rings (SSSR count). The van der Waals surface area contributed by atoms with Crippen molar-refractivity contribution in [2.45, 2.75) is 32.1 Å². The number of nitrogens with one attached hydrogen (secondary N) is 1. The number of hydrogen-bond acceptors (Lipinski definition) is 4. The van der Waals surface area contributed by atoms with Gasteiger partial charge in [-0.3, -0.25) is 9.78 Å². The van der Waals surface area contributed by atoms with Gasteiger partial charge in [-0.2, -0.15) is 4.31 Å². The second-order valence-electron chi connectivity index (χ2n) is 7.06. The van der Waals surface area contributed by atoms with E-state index in [1.807, 2.05) is 45.0 Å². The van der Waals surface area contributed by atoms with E-state index < -0.39 is 10.0 Å².